The molecule has 0 spiro atoms. The number of amides is 1. The first-order chi connectivity index (χ1) is 8.77. The fourth-order valence-electron chi connectivity index (χ4n) is 1.85. The molecule has 0 unspecified atom stereocenters. The number of carboxylic acid groups (broad SMARTS) is 1. The van der Waals surface area contributed by atoms with Crippen molar-refractivity contribution in [2.75, 3.05) is 11.4 Å². The third-order valence-electron chi connectivity index (χ3n) is 3.10. The lowest BCUT2D eigenvalue weighted by Gasteiger charge is -2.26. The number of anilines is 1. The average molecular weight is 263 g/mol. The molecule has 1 N–H and O–H groups in total. The summed E-state index contributed by atoms with van der Waals surface area (Å²) in [6.45, 7) is 7.50. The number of hydrogen-bond donors (Lipinski definition) is 1. The predicted molar refractivity (Wildman–Crippen MR) is 75.2 cm³/mol. The van der Waals surface area contributed by atoms with Crippen LogP contribution in [0.25, 0.3) is 0 Å². The fourth-order valence-corrected chi connectivity index (χ4v) is 1.85. The molecule has 19 heavy (non-hydrogen) atoms. The summed E-state index contributed by atoms with van der Waals surface area (Å²) >= 11 is 0. The first kappa shape index (κ1) is 15.2. The van der Waals surface area contributed by atoms with Gasteiger partial charge in [0.15, 0.2) is 0 Å². The van der Waals surface area contributed by atoms with Crippen LogP contribution in [0.15, 0.2) is 24.3 Å². The third kappa shape index (κ3) is 3.81. The monoisotopic (exact) mass is 263 g/mol. The average Bonchev–Trinajstić information content (AvgIpc) is 2.29. The number of aliphatic carboxylic acids is 1. The van der Waals surface area contributed by atoms with Gasteiger partial charge in [-0.15, -0.1) is 0 Å². The van der Waals surface area contributed by atoms with Gasteiger partial charge in [-0.25, -0.2) is 0 Å². The SMILES string of the molecule is CCN(C(=O)CC(C)(C)C(=O)O)c1cccc(C)c1. The number of nitrogens with zero attached hydrogens (tertiary/aromatic N) is 1. The molecule has 4 heteroatoms. The highest BCUT2D eigenvalue weighted by Crippen LogP contribution is 2.24. The number of carbonyl (C=O) groups excluding carboxylic acids is 1. The molecule has 0 saturated heterocycles. The molecule has 1 aromatic carbocycles. The Hall–Kier alpha value is -1.84. The summed E-state index contributed by atoms with van der Waals surface area (Å²) in [6, 6.07) is 7.64. The van der Waals surface area contributed by atoms with E-state index in [9.17, 15) is 9.59 Å². The number of carbonyl (C=O) groups is 2. The van der Waals surface area contributed by atoms with Crippen molar-refractivity contribution < 1.29 is 14.7 Å². The smallest absolute Gasteiger partial charge is 0.309 e. The predicted octanol–water partition coefficient (Wildman–Crippen LogP) is 2.85. The second-order valence-corrected chi connectivity index (χ2v) is 5.34. The van der Waals surface area contributed by atoms with Crippen LogP contribution in [0, 0.1) is 12.3 Å². The summed E-state index contributed by atoms with van der Waals surface area (Å²) in [4.78, 5) is 25.0. The van der Waals surface area contributed by atoms with E-state index >= 15 is 0 Å². The standard InChI is InChI=1S/C15H21NO3/c1-5-16(12-8-6-7-11(2)9-12)13(17)10-15(3,4)14(18)19/h6-9H,5,10H2,1-4H3,(H,18,19). The van der Waals surface area contributed by atoms with Crippen molar-refractivity contribution in [1.82, 2.24) is 0 Å². The minimum Gasteiger partial charge on any atom is -0.481 e. The summed E-state index contributed by atoms with van der Waals surface area (Å²) in [6.07, 6.45) is -0.00981. The molecule has 104 valence electrons. The van der Waals surface area contributed by atoms with Crippen molar-refractivity contribution in [3.05, 3.63) is 29.8 Å². The molecule has 0 aromatic heterocycles. The summed E-state index contributed by atoms with van der Waals surface area (Å²) in [5.41, 5.74) is 0.837. The minimum absolute atomic E-state index is 0.00981. The van der Waals surface area contributed by atoms with Gasteiger partial charge in [0.05, 0.1) is 5.41 Å². The van der Waals surface area contributed by atoms with E-state index < -0.39 is 11.4 Å². The zero-order valence-electron chi connectivity index (χ0n) is 11.9. The van der Waals surface area contributed by atoms with Crippen LogP contribution >= 0.6 is 0 Å². The van der Waals surface area contributed by atoms with E-state index in [0.29, 0.717) is 6.54 Å². The molecular formula is C15H21NO3. The number of rotatable bonds is 5. The molecular weight excluding hydrogens is 242 g/mol. The van der Waals surface area contributed by atoms with Crippen LogP contribution in [0.5, 0.6) is 0 Å². The van der Waals surface area contributed by atoms with Crippen LogP contribution in [0.1, 0.15) is 32.8 Å². The van der Waals surface area contributed by atoms with E-state index in [0.717, 1.165) is 11.3 Å². The number of aryl methyl sites for hydroxylation is 1. The van der Waals surface area contributed by atoms with Gasteiger partial charge in [-0.05, 0) is 45.4 Å². The Morgan fingerprint density at radius 2 is 1.95 bits per heavy atom. The lowest BCUT2D eigenvalue weighted by molar-refractivity contribution is -0.149. The Labute approximate surface area is 114 Å². The van der Waals surface area contributed by atoms with Gasteiger partial charge >= 0.3 is 5.97 Å². The number of carboxylic acids is 1. The van der Waals surface area contributed by atoms with E-state index in [1.54, 1.807) is 18.7 Å². The van der Waals surface area contributed by atoms with Gasteiger partial charge in [0.1, 0.15) is 0 Å². The van der Waals surface area contributed by atoms with Crippen LogP contribution in [0.4, 0.5) is 5.69 Å². The molecule has 0 bridgehead atoms. The van der Waals surface area contributed by atoms with E-state index in [1.165, 1.54) is 0 Å². The van der Waals surface area contributed by atoms with E-state index in [2.05, 4.69) is 0 Å². The molecule has 0 fully saturated rings. The molecule has 0 aliphatic carbocycles. The Kier molecular flexibility index (Phi) is 4.70. The van der Waals surface area contributed by atoms with Gasteiger partial charge < -0.3 is 10.0 Å². The summed E-state index contributed by atoms with van der Waals surface area (Å²) in [7, 11) is 0. The normalized spacial score (nSPS) is 11.2. The van der Waals surface area contributed by atoms with Crippen LogP contribution in [0.2, 0.25) is 0 Å². The molecule has 1 aromatic rings. The Morgan fingerprint density at radius 1 is 1.32 bits per heavy atom. The van der Waals surface area contributed by atoms with Crippen LogP contribution in [-0.4, -0.2) is 23.5 Å². The molecule has 0 radical (unpaired) electrons. The van der Waals surface area contributed by atoms with Crippen molar-refractivity contribution in [3.63, 3.8) is 0 Å². The highest BCUT2D eigenvalue weighted by atomic mass is 16.4. The molecule has 0 aliphatic rings. The van der Waals surface area contributed by atoms with Gasteiger partial charge in [-0.1, -0.05) is 12.1 Å². The quantitative estimate of drug-likeness (QED) is 0.888. The second-order valence-electron chi connectivity index (χ2n) is 5.34. The Balaban J connectivity index is 2.92. The lowest BCUT2D eigenvalue weighted by Crippen LogP contribution is -2.37. The van der Waals surface area contributed by atoms with Crippen molar-refractivity contribution in [1.29, 1.82) is 0 Å². The number of benzene rings is 1. The number of hydrogen-bond acceptors (Lipinski definition) is 2. The molecule has 1 amide bonds. The van der Waals surface area contributed by atoms with Gasteiger partial charge in [0, 0.05) is 18.7 Å². The van der Waals surface area contributed by atoms with Gasteiger partial charge in [0.2, 0.25) is 5.91 Å². The van der Waals surface area contributed by atoms with E-state index in [-0.39, 0.29) is 12.3 Å². The van der Waals surface area contributed by atoms with Gasteiger partial charge in [0.25, 0.3) is 0 Å². The third-order valence-corrected chi connectivity index (χ3v) is 3.10. The fraction of sp³-hybridized carbons (Fsp3) is 0.467. The lowest BCUT2D eigenvalue weighted by atomic mass is 9.89. The van der Waals surface area contributed by atoms with Crippen molar-refractivity contribution in [2.45, 2.75) is 34.1 Å². The van der Waals surface area contributed by atoms with Crippen LogP contribution < -0.4 is 4.90 Å². The molecule has 4 nitrogen and oxygen atoms in total. The second kappa shape index (κ2) is 5.87. The highest BCUT2D eigenvalue weighted by molar-refractivity contribution is 5.96. The molecule has 1 rings (SSSR count). The van der Waals surface area contributed by atoms with E-state index in [4.69, 9.17) is 5.11 Å². The van der Waals surface area contributed by atoms with Gasteiger partial charge in [-0.3, -0.25) is 9.59 Å². The zero-order valence-corrected chi connectivity index (χ0v) is 11.9. The first-order valence-electron chi connectivity index (χ1n) is 6.38. The minimum atomic E-state index is -1.05. The zero-order chi connectivity index (χ0) is 14.6. The maximum Gasteiger partial charge on any atom is 0.309 e. The maximum atomic E-state index is 12.3. The van der Waals surface area contributed by atoms with E-state index in [1.807, 2.05) is 38.1 Å². The molecule has 0 aliphatic heterocycles. The highest BCUT2D eigenvalue weighted by Gasteiger charge is 2.32. The first-order valence-corrected chi connectivity index (χ1v) is 6.38. The molecule has 0 heterocycles. The summed E-state index contributed by atoms with van der Waals surface area (Å²) < 4.78 is 0. The Morgan fingerprint density at radius 3 is 2.42 bits per heavy atom. The summed E-state index contributed by atoms with van der Waals surface area (Å²) in [5.74, 6) is -1.12. The van der Waals surface area contributed by atoms with Crippen molar-refractivity contribution in [3.8, 4) is 0 Å². The largest absolute Gasteiger partial charge is 0.481 e. The topological polar surface area (TPSA) is 57.6 Å². The molecule has 0 saturated carbocycles. The Bertz CT molecular complexity index is 480. The summed E-state index contributed by atoms with van der Waals surface area (Å²) in [5, 5.41) is 9.09. The molecule has 0 atom stereocenters. The van der Waals surface area contributed by atoms with Crippen LogP contribution in [-0.2, 0) is 9.59 Å². The van der Waals surface area contributed by atoms with Crippen molar-refractivity contribution in [2.24, 2.45) is 5.41 Å². The van der Waals surface area contributed by atoms with Crippen LogP contribution in [0.3, 0.4) is 0 Å². The van der Waals surface area contributed by atoms with Gasteiger partial charge in [-0.2, -0.15) is 0 Å². The maximum absolute atomic E-state index is 12.3. The van der Waals surface area contributed by atoms with Crippen molar-refractivity contribution >= 4 is 17.6 Å².